The van der Waals surface area contributed by atoms with E-state index < -0.39 is 0 Å². The van der Waals surface area contributed by atoms with Crippen molar-refractivity contribution in [3.05, 3.63) is 58.7 Å². The summed E-state index contributed by atoms with van der Waals surface area (Å²) in [5.74, 6) is 0.644. The maximum atomic E-state index is 12.2. The van der Waals surface area contributed by atoms with Crippen LogP contribution in [0.2, 0.25) is 5.02 Å². The molecule has 0 bridgehead atoms. The number of hydrogen-bond acceptors (Lipinski definition) is 3. The molecule has 0 saturated carbocycles. The second-order valence-electron chi connectivity index (χ2n) is 5.02. The molecule has 0 radical (unpaired) electrons. The molecule has 0 fully saturated rings. The van der Waals surface area contributed by atoms with Gasteiger partial charge in [0.15, 0.2) is 0 Å². The topological polar surface area (TPSA) is 45.2 Å². The zero-order valence-corrected chi connectivity index (χ0v) is 13.1. The van der Waals surface area contributed by atoms with Crippen LogP contribution in [0.5, 0.6) is 0 Å². The predicted molar refractivity (Wildman–Crippen MR) is 85.9 cm³/mol. The highest BCUT2D eigenvalue weighted by molar-refractivity contribution is 6.31. The number of carbonyl (C=O) groups is 1. The number of benzene rings is 1. The Balaban J connectivity index is 2.09. The van der Waals surface area contributed by atoms with Gasteiger partial charge >= 0.3 is 0 Å². The van der Waals surface area contributed by atoms with Gasteiger partial charge in [-0.25, -0.2) is 4.98 Å². The zero-order chi connectivity index (χ0) is 15.4. The standard InChI is InChI=1S/C16H18ClN3O/c1-11(13-6-4-5-7-14(13)17)19-16(21)12-8-9-15(18-10-12)20(2)3/h4-11H,1-3H3,(H,19,21). The van der Waals surface area contributed by atoms with Crippen LogP contribution < -0.4 is 10.2 Å². The zero-order valence-electron chi connectivity index (χ0n) is 12.3. The van der Waals surface area contributed by atoms with Gasteiger partial charge in [-0.1, -0.05) is 29.8 Å². The molecule has 21 heavy (non-hydrogen) atoms. The number of rotatable bonds is 4. The lowest BCUT2D eigenvalue weighted by molar-refractivity contribution is 0.0939. The second-order valence-corrected chi connectivity index (χ2v) is 5.42. The quantitative estimate of drug-likeness (QED) is 0.942. The average molecular weight is 304 g/mol. The second kappa shape index (κ2) is 6.59. The van der Waals surface area contributed by atoms with Crippen LogP contribution in [0.1, 0.15) is 28.9 Å². The number of halogens is 1. The van der Waals surface area contributed by atoms with E-state index in [-0.39, 0.29) is 11.9 Å². The Morgan fingerprint density at radius 1 is 1.24 bits per heavy atom. The molecule has 0 aliphatic rings. The monoisotopic (exact) mass is 303 g/mol. The maximum Gasteiger partial charge on any atom is 0.253 e. The van der Waals surface area contributed by atoms with Gasteiger partial charge in [-0.3, -0.25) is 4.79 Å². The van der Waals surface area contributed by atoms with Gasteiger partial charge in [0, 0.05) is 25.3 Å². The summed E-state index contributed by atoms with van der Waals surface area (Å²) in [6, 6.07) is 10.9. The van der Waals surface area contributed by atoms with Crippen LogP contribution in [0.4, 0.5) is 5.82 Å². The first-order valence-electron chi connectivity index (χ1n) is 6.67. The van der Waals surface area contributed by atoms with Crippen LogP contribution in [0.3, 0.4) is 0 Å². The summed E-state index contributed by atoms with van der Waals surface area (Å²) in [6.07, 6.45) is 1.57. The SMILES string of the molecule is CC(NC(=O)c1ccc(N(C)C)nc1)c1ccccc1Cl. The molecule has 2 aromatic rings. The molecule has 1 heterocycles. The van der Waals surface area contributed by atoms with Crippen LogP contribution in [0.25, 0.3) is 0 Å². The summed E-state index contributed by atoms with van der Waals surface area (Å²) in [5, 5.41) is 3.57. The Morgan fingerprint density at radius 3 is 2.52 bits per heavy atom. The minimum atomic E-state index is -0.167. The van der Waals surface area contributed by atoms with Gasteiger partial charge in [0.05, 0.1) is 11.6 Å². The van der Waals surface area contributed by atoms with Crippen LogP contribution in [-0.4, -0.2) is 25.0 Å². The van der Waals surface area contributed by atoms with Crippen molar-refractivity contribution in [1.29, 1.82) is 0 Å². The molecular weight excluding hydrogens is 286 g/mol. The molecule has 1 unspecified atom stereocenters. The largest absolute Gasteiger partial charge is 0.363 e. The average Bonchev–Trinajstić information content (AvgIpc) is 2.47. The van der Waals surface area contributed by atoms with Gasteiger partial charge in [0.2, 0.25) is 0 Å². The highest BCUT2D eigenvalue weighted by atomic mass is 35.5. The van der Waals surface area contributed by atoms with Crippen molar-refractivity contribution in [3.63, 3.8) is 0 Å². The normalized spacial score (nSPS) is 11.8. The Bertz CT molecular complexity index is 626. The number of anilines is 1. The Hall–Kier alpha value is -2.07. The molecule has 5 heteroatoms. The van der Waals surface area contributed by atoms with E-state index in [4.69, 9.17) is 11.6 Å². The number of nitrogens with one attached hydrogen (secondary N) is 1. The van der Waals surface area contributed by atoms with Crippen molar-refractivity contribution in [2.75, 3.05) is 19.0 Å². The van der Waals surface area contributed by atoms with Crippen molar-refractivity contribution in [2.24, 2.45) is 0 Å². The van der Waals surface area contributed by atoms with Crippen LogP contribution in [0, 0.1) is 0 Å². The first-order valence-corrected chi connectivity index (χ1v) is 7.05. The van der Waals surface area contributed by atoms with E-state index in [2.05, 4.69) is 10.3 Å². The molecule has 1 aromatic carbocycles. The first kappa shape index (κ1) is 15.3. The molecule has 0 aliphatic carbocycles. The van der Waals surface area contributed by atoms with E-state index in [1.807, 2.05) is 56.3 Å². The lowest BCUT2D eigenvalue weighted by Crippen LogP contribution is -2.27. The summed E-state index contributed by atoms with van der Waals surface area (Å²) in [4.78, 5) is 18.3. The van der Waals surface area contributed by atoms with E-state index >= 15 is 0 Å². The molecular formula is C16H18ClN3O. The number of pyridine rings is 1. The highest BCUT2D eigenvalue weighted by Crippen LogP contribution is 2.22. The minimum absolute atomic E-state index is 0.166. The van der Waals surface area contributed by atoms with E-state index in [0.29, 0.717) is 10.6 Å². The van der Waals surface area contributed by atoms with Gasteiger partial charge in [-0.15, -0.1) is 0 Å². The first-order chi connectivity index (χ1) is 9.99. The lowest BCUT2D eigenvalue weighted by Gasteiger charge is -2.16. The molecule has 1 N–H and O–H groups in total. The minimum Gasteiger partial charge on any atom is -0.363 e. The Labute approximate surface area is 129 Å². The van der Waals surface area contributed by atoms with Crippen molar-refractivity contribution >= 4 is 23.3 Å². The van der Waals surface area contributed by atoms with E-state index in [9.17, 15) is 4.79 Å². The highest BCUT2D eigenvalue weighted by Gasteiger charge is 2.14. The van der Waals surface area contributed by atoms with Gasteiger partial charge in [-0.2, -0.15) is 0 Å². The summed E-state index contributed by atoms with van der Waals surface area (Å²) in [5.41, 5.74) is 1.42. The predicted octanol–water partition coefficient (Wildman–Crippen LogP) is 3.29. The van der Waals surface area contributed by atoms with E-state index in [1.54, 1.807) is 12.3 Å². The molecule has 2 rings (SSSR count). The summed E-state index contributed by atoms with van der Waals surface area (Å²) >= 11 is 6.14. The Kier molecular flexibility index (Phi) is 4.81. The fourth-order valence-electron chi connectivity index (χ4n) is 1.97. The van der Waals surface area contributed by atoms with Gasteiger partial charge in [0.1, 0.15) is 5.82 Å². The fourth-order valence-corrected chi connectivity index (χ4v) is 2.27. The van der Waals surface area contributed by atoms with Crippen molar-refractivity contribution in [1.82, 2.24) is 10.3 Å². The molecule has 0 spiro atoms. The number of aromatic nitrogens is 1. The van der Waals surface area contributed by atoms with Crippen LogP contribution in [0.15, 0.2) is 42.6 Å². The number of amides is 1. The number of nitrogens with zero attached hydrogens (tertiary/aromatic N) is 2. The van der Waals surface area contributed by atoms with Crippen LogP contribution >= 0.6 is 11.6 Å². The summed E-state index contributed by atoms with van der Waals surface area (Å²) in [7, 11) is 3.81. The van der Waals surface area contributed by atoms with E-state index in [0.717, 1.165) is 11.4 Å². The van der Waals surface area contributed by atoms with Crippen LogP contribution in [-0.2, 0) is 0 Å². The van der Waals surface area contributed by atoms with Gasteiger partial charge in [-0.05, 0) is 30.7 Å². The molecule has 4 nitrogen and oxygen atoms in total. The Morgan fingerprint density at radius 2 is 1.95 bits per heavy atom. The van der Waals surface area contributed by atoms with Crippen molar-refractivity contribution < 1.29 is 4.79 Å². The molecule has 1 amide bonds. The third-order valence-corrected chi connectivity index (χ3v) is 3.53. The number of hydrogen-bond donors (Lipinski definition) is 1. The summed E-state index contributed by atoms with van der Waals surface area (Å²) in [6.45, 7) is 1.90. The smallest absolute Gasteiger partial charge is 0.253 e. The summed E-state index contributed by atoms with van der Waals surface area (Å²) < 4.78 is 0. The molecule has 0 aliphatic heterocycles. The third-order valence-electron chi connectivity index (χ3n) is 3.19. The fraction of sp³-hybridized carbons (Fsp3) is 0.250. The maximum absolute atomic E-state index is 12.2. The van der Waals surface area contributed by atoms with Gasteiger partial charge in [0.25, 0.3) is 5.91 Å². The molecule has 0 saturated heterocycles. The lowest BCUT2D eigenvalue weighted by atomic mass is 10.1. The molecule has 1 aromatic heterocycles. The third kappa shape index (κ3) is 3.73. The molecule has 1 atom stereocenters. The molecule has 110 valence electrons. The van der Waals surface area contributed by atoms with Crippen molar-refractivity contribution in [2.45, 2.75) is 13.0 Å². The van der Waals surface area contributed by atoms with E-state index in [1.165, 1.54) is 0 Å². The number of carbonyl (C=O) groups excluding carboxylic acids is 1. The van der Waals surface area contributed by atoms with Gasteiger partial charge < -0.3 is 10.2 Å². The van der Waals surface area contributed by atoms with Crippen molar-refractivity contribution in [3.8, 4) is 0 Å².